The van der Waals surface area contributed by atoms with E-state index < -0.39 is 0 Å². The molecule has 1 heterocycles. The van der Waals surface area contributed by atoms with Gasteiger partial charge in [-0.25, -0.2) is 0 Å². The van der Waals surface area contributed by atoms with Crippen LogP contribution < -0.4 is 10.2 Å². The molecule has 2 nitrogen and oxygen atoms in total. The van der Waals surface area contributed by atoms with E-state index >= 15 is 0 Å². The summed E-state index contributed by atoms with van der Waals surface area (Å²) in [4.78, 5) is 2.59. The van der Waals surface area contributed by atoms with Gasteiger partial charge in [0.1, 0.15) is 0 Å². The van der Waals surface area contributed by atoms with Gasteiger partial charge in [0.2, 0.25) is 0 Å². The summed E-state index contributed by atoms with van der Waals surface area (Å²) in [5, 5.41) is 3.79. The largest absolute Gasteiger partial charge is 0.369 e. The number of aryl methyl sites for hydroxylation is 1. The molecule has 106 valence electrons. The van der Waals surface area contributed by atoms with Gasteiger partial charge in [-0.1, -0.05) is 26.0 Å². The Hall–Kier alpha value is -1.02. The van der Waals surface area contributed by atoms with Gasteiger partial charge in [0.25, 0.3) is 0 Å². The van der Waals surface area contributed by atoms with Crippen LogP contribution in [-0.2, 0) is 0 Å². The standard InChI is InChI=1S/C17H28N2/c1-5-17(6-2)13-19(12-8-11-18-17)16-10-7-9-14(3)15(16)4/h7,9-10,18H,5-6,8,11-13H2,1-4H3. The van der Waals surface area contributed by atoms with Crippen molar-refractivity contribution in [3.8, 4) is 0 Å². The minimum atomic E-state index is 0.284. The highest BCUT2D eigenvalue weighted by atomic mass is 15.2. The minimum absolute atomic E-state index is 0.284. The predicted octanol–water partition coefficient (Wildman–Crippen LogP) is 3.66. The Kier molecular flexibility index (Phi) is 4.51. The lowest BCUT2D eigenvalue weighted by molar-refractivity contribution is 0.321. The average molecular weight is 260 g/mol. The first-order valence-corrected chi connectivity index (χ1v) is 7.68. The Balaban J connectivity index is 2.30. The molecule has 1 fully saturated rings. The molecule has 0 amide bonds. The van der Waals surface area contributed by atoms with E-state index in [2.05, 4.69) is 56.1 Å². The van der Waals surface area contributed by atoms with Crippen molar-refractivity contribution >= 4 is 5.69 Å². The van der Waals surface area contributed by atoms with Crippen LogP contribution in [0.4, 0.5) is 5.69 Å². The van der Waals surface area contributed by atoms with Crippen LogP contribution in [0.2, 0.25) is 0 Å². The average Bonchev–Trinajstić information content (AvgIpc) is 2.65. The van der Waals surface area contributed by atoms with Crippen molar-refractivity contribution in [3.63, 3.8) is 0 Å². The summed E-state index contributed by atoms with van der Waals surface area (Å²) in [6.07, 6.45) is 3.63. The predicted molar refractivity (Wildman–Crippen MR) is 84.1 cm³/mol. The van der Waals surface area contributed by atoms with Gasteiger partial charge >= 0.3 is 0 Å². The molecule has 0 aromatic heterocycles. The van der Waals surface area contributed by atoms with E-state index in [9.17, 15) is 0 Å². The van der Waals surface area contributed by atoms with Crippen LogP contribution in [0, 0.1) is 13.8 Å². The summed E-state index contributed by atoms with van der Waals surface area (Å²) in [7, 11) is 0. The van der Waals surface area contributed by atoms with Crippen LogP contribution >= 0.6 is 0 Å². The molecule has 2 heteroatoms. The first-order valence-electron chi connectivity index (χ1n) is 7.68. The summed E-state index contributed by atoms with van der Waals surface area (Å²) < 4.78 is 0. The van der Waals surface area contributed by atoms with E-state index in [1.165, 1.54) is 42.6 Å². The monoisotopic (exact) mass is 260 g/mol. The van der Waals surface area contributed by atoms with Crippen LogP contribution in [-0.4, -0.2) is 25.2 Å². The first kappa shape index (κ1) is 14.4. The molecule has 0 aliphatic carbocycles. The van der Waals surface area contributed by atoms with Crippen LogP contribution in [0.1, 0.15) is 44.2 Å². The highest BCUT2D eigenvalue weighted by Crippen LogP contribution is 2.28. The van der Waals surface area contributed by atoms with E-state index in [4.69, 9.17) is 0 Å². The summed E-state index contributed by atoms with van der Waals surface area (Å²) in [5.74, 6) is 0. The fourth-order valence-corrected chi connectivity index (χ4v) is 3.13. The van der Waals surface area contributed by atoms with Gasteiger partial charge in [-0.05, 0) is 56.8 Å². The third kappa shape index (κ3) is 2.94. The molecule has 19 heavy (non-hydrogen) atoms. The molecular weight excluding hydrogens is 232 g/mol. The molecule has 0 spiro atoms. The second-order valence-electron chi connectivity index (χ2n) is 5.91. The lowest BCUT2D eigenvalue weighted by atomic mass is 9.92. The Morgan fingerprint density at radius 2 is 1.95 bits per heavy atom. The maximum absolute atomic E-state index is 3.79. The van der Waals surface area contributed by atoms with Gasteiger partial charge < -0.3 is 10.2 Å². The summed E-state index contributed by atoms with van der Waals surface area (Å²) in [6, 6.07) is 6.68. The molecule has 0 atom stereocenters. The Morgan fingerprint density at radius 3 is 2.63 bits per heavy atom. The molecule has 1 aromatic rings. The maximum Gasteiger partial charge on any atom is 0.0399 e. The molecule has 1 aliphatic heterocycles. The molecule has 1 aliphatic rings. The summed E-state index contributed by atoms with van der Waals surface area (Å²) in [5.41, 5.74) is 4.54. The zero-order valence-corrected chi connectivity index (χ0v) is 12.9. The molecule has 0 saturated carbocycles. The lowest BCUT2D eigenvalue weighted by Crippen LogP contribution is -2.50. The van der Waals surface area contributed by atoms with E-state index in [0.29, 0.717) is 0 Å². The van der Waals surface area contributed by atoms with Gasteiger partial charge in [0.05, 0.1) is 0 Å². The molecule has 2 rings (SSSR count). The Labute approximate surface area is 118 Å². The van der Waals surface area contributed by atoms with Gasteiger partial charge in [-0.2, -0.15) is 0 Å². The van der Waals surface area contributed by atoms with Crippen molar-refractivity contribution in [1.29, 1.82) is 0 Å². The fourth-order valence-electron chi connectivity index (χ4n) is 3.13. The van der Waals surface area contributed by atoms with E-state index in [0.717, 1.165) is 13.1 Å². The lowest BCUT2D eigenvalue weighted by Gasteiger charge is -2.37. The van der Waals surface area contributed by atoms with Gasteiger partial charge in [-0.15, -0.1) is 0 Å². The summed E-state index contributed by atoms with van der Waals surface area (Å²) in [6.45, 7) is 12.5. The van der Waals surface area contributed by atoms with Crippen LogP contribution in [0.15, 0.2) is 18.2 Å². The highest BCUT2D eigenvalue weighted by molar-refractivity contribution is 5.56. The summed E-state index contributed by atoms with van der Waals surface area (Å²) >= 11 is 0. The molecule has 0 unspecified atom stereocenters. The third-order valence-electron chi connectivity index (χ3n) is 4.87. The number of benzene rings is 1. The number of rotatable bonds is 3. The Morgan fingerprint density at radius 1 is 1.21 bits per heavy atom. The quantitative estimate of drug-likeness (QED) is 0.892. The van der Waals surface area contributed by atoms with Crippen LogP contribution in [0.3, 0.4) is 0 Å². The van der Waals surface area contributed by atoms with Crippen molar-refractivity contribution in [2.75, 3.05) is 24.5 Å². The molecule has 1 saturated heterocycles. The van der Waals surface area contributed by atoms with Crippen molar-refractivity contribution in [1.82, 2.24) is 5.32 Å². The molecule has 1 aromatic carbocycles. The number of hydrogen-bond acceptors (Lipinski definition) is 2. The van der Waals surface area contributed by atoms with Crippen molar-refractivity contribution < 1.29 is 0 Å². The van der Waals surface area contributed by atoms with Gasteiger partial charge in [0.15, 0.2) is 0 Å². The minimum Gasteiger partial charge on any atom is -0.369 e. The highest BCUT2D eigenvalue weighted by Gasteiger charge is 2.30. The third-order valence-corrected chi connectivity index (χ3v) is 4.87. The van der Waals surface area contributed by atoms with Crippen molar-refractivity contribution in [3.05, 3.63) is 29.3 Å². The zero-order valence-electron chi connectivity index (χ0n) is 12.9. The van der Waals surface area contributed by atoms with Crippen molar-refractivity contribution in [2.24, 2.45) is 0 Å². The molecule has 0 bridgehead atoms. The number of hydrogen-bond donors (Lipinski definition) is 1. The second-order valence-corrected chi connectivity index (χ2v) is 5.91. The SMILES string of the molecule is CCC1(CC)CN(c2cccc(C)c2C)CCCN1. The zero-order chi connectivity index (χ0) is 13.9. The number of anilines is 1. The Bertz CT molecular complexity index is 421. The topological polar surface area (TPSA) is 15.3 Å². The number of nitrogens with zero attached hydrogens (tertiary/aromatic N) is 1. The van der Waals surface area contributed by atoms with Gasteiger partial charge in [-0.3, -0.25) is 0 Å². The first-order chi connectivity index (χ1) is 9.12. The van der Waals surface area contributed by atoms with Crippen molar-refractivity contribution in [2.45, 2.75) is 52.5 Å². The van der Waals surface area contributed by atoms with Crippen LogP contribution in [0.25, 0.3) is 0 Å². The van der Waals surface area contributed by atoms with Gasteiger partial charge in [0, 0.05) is 24.3 Å². The smallest absolute Gasteiger partial charge is 0.0399 e. The van der Waals surface area contributed by atoms with Crippen LogP contribution in [0.5, 0.6) is 0 Å². The second kappa shape index (κ2) is 5.96. The van der Waals surface area contributed by atoms with E-state index in [-0.39, 0.29) is 5.54 Å². The molecule has 0 radical (unpaired) electrons. The van der Waals surface area contributed by atoms with E-state index in [1.54, 1.807) is 0 Å². The molecular formula is C17H28N2. The normalized spacial score (nSPS) is 19.3. The fraction of sp³-hybridized carbons (Fsp3) is 0.647. The van der Waals surface area contributed by atoms with E-state index in [1.807, 2.05) is 0 Å². The molecule has 1 N–H and O–H groups in total. The number of nitrogens with one attached hydrogen (secondary N) is 1. The maximum atomic E-state index is 3.79.